The molecule has 3 nitrogen and oxygen atoms in total. The van der Waals surface area contributed by atoms with Gasteiger partial charge in [0, 0.05) is 17.8 Å². The van der Waals surface area contributed by atoms with Gasteiger partial charge in [-0.3, -0.25) is 4.79 Å². The fourth-order valence-corrected chi connectivity index (χ4v) is 7.17. The second-order valence-corrected chi connectivity index (χ2v) is 9.54. The number of terminal acetylenes is 1. The summed E-state index contributed by atoms with van der Waals surface area (Å²) in [6, 6.07) is 0. The summed E-state index contributed by atoms with van der Waals surface area (Å²) in [5.74, 6) is 4.04. The maximum absolute atomic E-state index is 13.1. The molecule has 0 aromatic rings. The number of hydrogen-bond acceptors (Lipinski definition) is 3. The second-order valence-electron chi connectivity index (χ2n) is 9.54. The molecule has 4 aliphatic rings. The van der Waals surface area contributed by atoms with Gasteiger partial charge in [0.1, 0.15) is 11.4 Å². The van der Waals surface area contributed by atoms with E-state index in [-0.39, 0.29) is 28.8 Å². The average molecular weight is 330 g/mol. The smallest absolute Gasteiger partial charge is 0.136 e. The second kappa shape index (κ2) is 5.08. The van der Waals surface area contributed by atoms with E-state index in [2.05, 4.69) is 19.8 Å². The summed E-state index contributed by atoms with van der Waals surface area (Å²) in [5, 5.41) is 21.1. The summed E-state index contributed by atoms with van der Waals surface area (Å²) in [5.41, 5.74) is -1.21. The van der Waals surface area contributed by atoms with Crippen LogP contribution in [0.3, 0.4) is 0 Å². The highest BCUT2D eigenvalue weighted by molar-refractivity contribution is 5.83. The lowest BCUT2D eigenvalue weighted by Crippen LogP contribution is -2.59. The van der Waals surface area contributed by atoms with Gasteiger partial charge in [0.2, 0.25) is 0 Å². The van der Waals surface area contributed by atoms with E-state index in [1.54, 1.807) is 0 Å². The minimum Gasteiger partial charge on any atom is -0.393 e. The van der Waals surface area contributed by atoms with E-state index < -0.39 is 5.60 Å². The minimum absolute atomic E-state index is 0.0580. The first-order valence-corrected chi connectivity index (χ1v) is 9.66. The number of ketones is 1. The molecule has 0 aromatic carbocycles. The molecule has 3 unspecified atom stereocenters. The topological polar surface area (TPSA) is 57.5 Å². The van der Waals surface area contributed by atoms with Gasteiger partial charge in [-0.05, 0) is 68.1 Å². The first-order chi connectivity index (χ1) is 11.2. The van der Waals surface area contributed by atoms with Crippen molar-refractivity contribution in [1.82, 2.24) is 0 Å². The molecule has 0 radical (unpaired) electrons. The van der Waals surface area contributed by atoms with Crippen LogP contribution in [-0.2, 0) is 4.79 Å². The highest BCUT2D eigenvalue weighted by atomic mass is 16.3. The van der Waals surface area contributed by atoms with Crippen molar-refractivity contribution in [2.24, 2.45) is 34.5 Å². The van der Waals surface area contributed by atoms with Gasteiger partial charge in [0.15, 0.2) is 0 Å². The lowest BCUT2D eigenvalue weighted by molar-refractivity contribution is -0.166. The average Bonchev–Trinajstić information content (AvgIpc) is 2.82. The number of carbonyl (C=O) groups excluding carboxylic acids is 1. The number of hydrogen-bond donors (Lipinski definition) is 2. The molecule has 4 fully saturated rings. The Hall–Kier alpha value is -0.850. The molecule has 0 saturated heterocycles. The Morgan fingerprint density at radius 3 is 2.54 bits per heavy atom. The summed E-state index contributed by atoms with van der Waals surface area (Å²) in [4.78, 5) is 13.1. The fraction of sp³-hybridized carbons (Fsp3) is 0.857. The van der Waals surface area contributed by atoms with E-state index in [4.69, 9.17) is 6.42 Å². The first kappa shape index (κ1) is 16.6. The van der Waals surface area contributed by atoms with E-state index in [0.29, 0.717) is 30.5 Å². The van der Waals surface area contributed by atoms with Crippen LogP contribution in [0.4, 0.5) is 0 Å². The molecule has 0 aliphatic heterocycles. The molecule has 0 heterocycles. The molecule has 24 heavy (non-hydrogen) atoms. The minimum atomic E-state index is -1.05. The van der Waals surface area contributed by atoms with Crippen molar-refractivity contribution in [3.8, 4) is 12.3 Å². The van der Waals surface area contributed by atoms with Crippen molar-refractivity contribution in [2.45, 2.75) is 76.9 Å². The van der Waals surface area contributed by atoms with E-state index in [0.717, 1.165) is 38.5 Å². The van der Waals surface area contributed by atoms with Crippen LogP contribution in [-0.4, -0.2) is 27.7 Å². The van der Waals surface area contributed by atoms with Gasteiger partial charge in [-0.1, -0.05) is 19.8 Å². The summed E-state index contributed by atoms with van der Waals surface area (Å²) >= 11 is 0. The molecular weight excluding hydrogens is 300 g/mol. The first-order valence-electron chi connectivity index (χ1n) is 9.66. The van der Waals surface area contributed by atoms with Crippen LogP contribution in [0.5, 0.6) is 0 Å². The molecule has 2 N–H and O–H groups in total. The van der Waals surface area contributed by atoms with Crippen LogP contribution < -0.4 is 0 Å². The SMILES string of the molecule is C#CC1(O)CC[C@H]2[C@@H]3C(=O)CC4CC(O)CC[C@]4(C)[C@@H]3CC[C@@]21C. The number of Topliss-reactive ketones (excluding diaryl/α,β-unsaturated/α-hetero) is 1. The van der Waals surface area contributed by atoms with Gasteiger partial charge in [-0.15, -0.1) is 6.42 Å². The number of rotatable bonds is 0. The molecular formula is C21H30O3. The molecule has 0 bridgehead atoms. The number of aliphatic hydroxyl groups is 2. The van der Waals surface area contributed by atoms with Crippen LogP contribution in [0.1, 0.15) is 65.2 Å². The largest absolute Gasteiger partial charge is 0.393 e. The summed E-state index contributed by atoms with van der Waals surface area (Å²) in [6.07, 6.45) is 12.1. The van der Waals surface area contributed by atoms with Crippen LogP contribution in [0, 0.1) is 46.8 Å². The third-order valence-electron chi connectivity index (χ3n) is 8.83. The summed E-state index contributed by atoms with van der Waals surface area (Å²) in [7, 11) is 0. The van der Waals surface area contributed by atoms with Gasteiger partial charge in [0.05, 0.1) is 6.10 Å². The van der Waals surface area contributed by atoms with Gasteiger partial charge >= 0.3 is 0 Å². The molecule has 4 saturated carbocycles. The van der Waals surface area contributed by atoms with E-state index in [9.17, 15) is 15.0 Å². The Labute approximate surface area is 145 Å². The Morgan fingerprint density at radius 2 is 1.83 bits per heavy atom. The van der Waals surface area contributed by atoms with Crippen molar-refractivity contribution in [3.63, 3.8) is 0 Å². The zero-order valence-corrected chi connectivity index (χ0v) is 14.9. The monoisotopic (exact) mass is 330 g/mol. The molecule has 0 aromatic heterocycles. The standard InChI is InChI=1S/C21H30O3/c1-4-21(24)10-7-16-18-15(6-9-20(16,21)3)19(2)8-5-14(22)11-13(19)12-17(18)23/h1,13-16,18,22,24H,5-12H2,2-3H3/t13?,14?,15-,16+,18-,19+,20+,21?/m1/s1. The van der Waals surface area contributed by atoms with E-state index in [1.165, 1.54) is 0 Å². The highest BCUT2D eigenvalue weighted by Gasteiger charge is 2.66. The summed E-state index contributed by atoms with van der Waals surface area (Å²) in [6.45, 7) is 4.48. The fourth-order valence-electron chi connectivity index (χ4n) is 7.17. The van der Waals surface area contributed by atoms with Crippen LogP contribution in [0.15, 0.2) is 0 Å². The summed E-state index contributed by atoms with van der Waals surface area (Å²) < 4.78 is 0. The predicted octanol–water partition coefficient (Wildman–Crippen LogP) is 2.93. The van der Waals surface area contributed by atoms with Crippen molar-refractivity contribution in [3.05, 3.63) is 0 Å². The highest BCUT2D eigenvalue weighted by Crippen LogP contribution is 2.67. The van der Waals surface area contributed by atoms with Gasteiger partial charge < -0.3 is 10.2 Å². The van der Waals surface area contributed by atoms with Gasteiger partial charge in [0.25, 0.3) is 0 Å². The zero-order valence-electron chi connectivity index (χ0n) is 14.9. The van der Waals surface area contributed by atoms with Crippen molar-refractivity contribution >= 4 is 5.78 Å². The molecule has 0 amide bonds. The van der Waals surface area contributed by atoms with E-state index in [1.807, 2.05) is 0 Å². The normalized spacial score (nSPS) is 56.8. The van der Waals surface area contributed by atoms with Crippen LogP contribution >= 0.6 is 0 Å². The maximum atomic E-state index is 13.1. The number of fused-ring (bicyclic) bond motifs is 5. The Balaban J connectivity index is 1.71. The molecule has 4 rings (SSSR count). The zero-order chi connectivity index (χ0) is 17.3. The van der Waals surface area contributed by atoms with Crippen molar-refractivity contribution in [1.29, 1.82) is 0 Å². The lowest BCUT2D eigenvalue weighted by Gasteiger charge is -2.60. The third kappa shape index (κ3) is 1.90. The van der Waals surface area contributed by atoms with E-state index >= 15 is 0 Å². The molecule has 132 valence electrons. The lowest BCUT2D eigenvalue weighted by atomic mass is 9.44. The van der Waals surface area contributed by atoms with Gasteiger partial charge in [-0.2, -0.15) is 0 Å². The molecule has 3 heteroatoms. The van der Waals surface area contributed by atoms with Crippen molar-refractivity contribution in [2.75, 3.05) is 0 Å². The number of carbonyl (C=O) groups is 1. The van der Waals surface area contributed by atoms with Crippen LogP contribution in [0.2, 0.25) is 0 Å². The molecule has 4 aliphatic carbocycles. The quantitative estimate of drug-likeness (QED) is 0.672. The molecule has 0 spiro atoms. The van der Waals surface area contributed by atoms with Crippen molar-refractivity contribution < 1.29 is 15.0 Å². The van der Waals surface area contributed by atoms with Crippen LogP contribution in [0.25, 0.3) is 0 Å². The predicted molar refractivity (Wildman–Crippen MR) is 91.9 cm³/mol. The number of aliphatic hydroxyl groups excluding tert-OH is 1. The Bertz CT molecular complexity index is 607. The Morgan fingerprint density at radius 1 is 1.12 bits per heavy atom. The maximum Gasteiger partial charge on any atom is 0.136 e. The van der Waals surface area contributed by atoms with Gasteiger partial charge in [-0.25, -0.2) is 0 Å². The molecule has 8 atom stereocenters. The Kier molecular flexibility index (Phi) is 3.52. The third-order valence-corrected chi connectivity index (χ3v) is 8.83.